The Balaban J connectivity index is 1.67. The average molecular weight is 306 g/mol. The fourth-order valence-corrected chi connectivity index (χ4v) is 2.34. The number of rotatable bonds is 5. The molecule has 0 atom stereocenters. The Morgan fingerprint density at radius 2 is 1.78 bits per heavy atom. The highest BCUT2D eigenvalue weighted by atomic mass is 16.5. The summed E-state index contributed by atoms with van der Waals surface area (Å²) >= 11 is 0. The molecule has 2 aromatic carbocycles. The molecule has 3 aromatic rings. The Morgan fingerprint density at radius 3 is 2.48 bits per heavy atom. The van der Waals surface area contributed by atoms with Crippen LogP contribution in [0, 0.1) is 0 Å². The minimum Gasteiger partial charge on any atom is -0.497 e. The van der Waals surface area contributed by atoms with Crippen LogP contribution in [0.5, 0.6) is 5.75 Å². The van der Waals surface area contributed by atoms with Gasteiger partial charge >= 0.3 is 0 Å². The molecule has 23 heavy (non-hydrogen) atoms. The number of carbonyl (C=O) groups excluding carboxylic acids is 1. The molecule has 4 heteroatoms. The van der Waals surface area contributed by atoms with Gasteiger partial charge in [0.1, 0.15) is 5.75 Å². The van der Waals surface area contributed by atoms with Crippen LogP contribution in [0.1, 0.15) is 15.9 Å². The minimum atomic E-state index is -0.0881. The van der Waals surface area contributed by atoms with Gasteiger partial charge in [-0.05, 0) is 48.0 Å². The van der Waals surface area contributed by atoms with Crippen LogP contribution in [0.3, 0.4) is 0 Å². The molecule has 1 aromatic heterocycles. The van der Waals surface area contributed by atoms with Gasteiger partial charge in [-0.2, -0.15) is 0 Å². The number of benzene rings is 2. The van der Waals surface area contributed by atoms with Gasteiger partial charge in [-0.3, -0.25) is 4.79 Å². The lowest BCUT2D eigenvalue weighted by molar-refractivity contribution is 0.0951. The summed E-state index contributed by atoms with van der Waals surface area (Å²) in [6.45, 7) is 0.483. The Labute approximate surface area is 135 Å². The summed E-state index contributed by atoms with van der Waals surface area (Å²) in [4.78, 5) is 12.3. The second-order valence-electron chi connectivity index (χ2n) is 5.17. The van der Waals surface area contributed by atoms with Crippen LogP contribution in [-0.2, 0) is 6.54 Å². The summed E-state index contributed by atoms with van der Waals surface area (Å²) in [5.41, 5.74) is 2.64. The van der Waals surface area contributed by atoms with Gasteiger partial charge in [0.15, 0.2) is 0 Å². The van der Waals surface area contributed by atoms with Crippen LogP contribution in [0.2, 0.25) is 0 Å². The van der Waals surface area contributed by atoms with Gasteiger partial charge in [-0.1, -0.05) is 18.2 Å². The van der Waals surface area contributed by atoms with Crippen molar-refractivity contribution in [2.75, 3.05) is 7.11 Å². The molecular weight excluding hydrogens is 288 g/mol. The second-order valence-corrected chi connectivity index (χ2v) is 5.17. The largest absolute Gasteiger partial charge is 0.497 e. The normalized spacial score (nSPS) is 10.3. The highest BCUT2D eigenvalue weighted by molar-refractivity contribution is 5.94. The van der Waals surface area contributed by atoms with Crippen LogP contribution in [0.4, 0.5) is 0 Å². The maximum atomic E-state index is 12.3. The van der Waals surface area contributed by atoms with E-state index in [1.165, 1.54) is 0 Å². The first-order valence-corrected chi connectivity index (χ1v) is 7.41. The summed E-state index contributed by atoms with van der Waals surface area (Å²) in [6, 6.07) is 19.1. The van der Waals surface area contributed by atoms with Gasteiger partial charge in [0.05, 0.1) is 7.11 Å². The van der Waals surface area contributed by atoms with Gasteiger partial charge in [-0.25, -0.2) is 0 Å². The summed E-state index contributed by atoms with van der Waals surface area (Å²) in [7, 11) is 1.63. The van der Waals surface area contributed by atoms with E-state index in [4.69, 9.17) is 4.74 Å². The second kappa shape index (κ2) is 6.83. The molecule has 0 saturated heterocycles. The predicted molar refractivity (Wildman–Crippen MR) is 89.9 cm³/mol. The fourth-order valence-electron chi connectivity index (χ4n) is 2.34. The number of aromatic nitrogens is 1. The molecule has 0 aliphatic rings. The van der Waals surface area contributed by atoms with E-state index in [1.807, 2.05) is 77.6 Å². The maximum Gasteiger partial charge on any atom is 0.251 e. The van der Waals surface area contributed by atoms with Crippen LogP contribution in [0.15, 0.2) is 73.1 Å². The van der Waals surface area contributed by atoms with E-state index < -0.39 is 0 Å². The standard InChI is InChI=1S/C19H18N2O2/c1-23-18-9-7-15(8-10-18)14-20-19(22)16-5-4-6-17(13-16)21-11-2-3-12-21/h2-13H,14H2,1H3,(H,20,22). The highest BCUT2D eigenvalue weighted by Crippen LogP contribution is 2.13. The zero-order valence-electron chi connectivity index (χ0n) is 12.9. The first-order chi connectivity index (χ1) is 11.3. The number of nitrogens with zero attached hydrogens (tertiary/aromatic N) is 1. The zero-order valence-corrected chi connectivity index (χ0v) is 12.9. The molecular formula is C19H18N2O2. The lowest BCUT2D eigenvalue weighted by atomic mass is 10.1. The number of ether oxygens (including phenoxy) is 1. The summed E-state index contributed by atoms with van der Waals surface area (Å²) in [6.07, 6.45) is 3.91. The smallest absolute Gasteiger partial charge is 0.251 e. The molecule has 0 aliphatic carbocycles. The molecule has 0 fully saturated rings. The fraction of sp³-hybridized carbons (Fsp3) is 0.105. The molecule has 1 N–H and O–H groups in total. The number of amides is 1. The van der Waals surface area contributed by atoms with E-state index in [0.29, 0.717) is 12.1 Å². The zero-order chi connectivity index (χ0) is 16.1. The van der Waals surface area contributed by atoms with Crippen molar-refractivity contribution in [3.05, 3.63) is 84.2 Å². The van der Waals surface area contributed by atoms with E-state index >= 15 is 0 Å². The topological polar surface area (TPSA) is 43.3 Å². The quantitative estimate of drug-likeness (QED) is 0.785. The molecule has 0 saturated carbocycles. The average Bonchev–Trinajstić information content (AvgIpc) is 3.15. The van der Waals surface area contributed by atoms with E-state index in [1.54, 1.807) is 7.11 Å². The first-order valence-electron chi connectivity index (χ1n) is 7.41. The number of methoxy groups -OCH3 is 1. The van der Waals surface area contributed by atoms with Crippen molar-refractivity contribution in [3.8, 4) is 11.4 Å². The number of nitrogens with one attached hydrogen (secondary N) is 1. The Hall–Kier alpha value is -3.01. The van der Waals surface area contributed by atoms with Crippen molar-refractivity contribution >= 4 is 5.91 Å². The summed E-state index contributed by atoms with van der Waals surface area (Å²) < 4.78 is 7.10. The van der Waals surface area contributed by atoms with E-state index in [2.05, 4.69) is 5.32 Å². The maximum absolute atomic E-state index is 12.3. The number of hydrogen-bond donors (Lipinski definition) is 1. The van der Waals surface area contributed by atoms with E-state index in [-0.39, 0.29) is 5.91 Å². The van der Waals surface area contributed by atoms with Crippen molar-refractivity contribution < 1.29 is 9.53 Å². The molecule has 0 radical (unpaired) electrons. The lowest BCUT2D eigenvalue weighted by Crippen LogP contribution is -2.22. The third kappa shape index (κ3) is 3.61. The molecule has 0 unspecified atom stereocenters. The molecule has 3 rings (SSSR count). The van der Waals surface area contributed by atoms with E-state index in [9.17, 15) is 4.79 Å². The molecule has 0 aliphatic heterocycles. The van der Waals surface area contributed by atoms with Gasteiger partial charge in [0.2, 0.25) is 0 Å². The monoisotopic (exact) mass is 306 g/mol. The SMILES string of the molecule is COc1ccc(CNC(=O)c2cccc(-n3cccc3)c2)cc1. The third-order valence-electron chi connectivity index (χ3n) is 3.62. The number of carbonyl (C=O) groups is 1. The van der Waals surface area contributed by atoms with Crippen LogP contribution in [-0.4, -0.2) is 17.6 Å². The Morgan fingerprint density at radius 1 is 1.04 bits per heavy atom. The Bertz CT molecular complexity index is 777. The molecule has 4 nitrogen and oxygen atoms in total. The molecule has 116 valence electrons. The third-order valence-corrected chi connectivity index (χ3v) is 3.62. The van der Waals surface area contributed by atoms with Crippen molar-refractivity contribution in [2.24, 2.45) is 0 Å². The lowest BCUT2D eigenvalue weighted by Gasteiger charge is -2.08. The Kier molecular flexibility index (Phi) is 4.43. The van der Waals surface area contributed by atoms with Crippen LogP contribution >= 0.6 is 0 Å². The van der Waals surface area contributed by atoms with Crippen LogP contribution in [0.25, 0.3) is 5.69 Å². The van der Waals surface area contributed by atoms with Crippen molar-refractivity contribution in [3.63, 3.8) is 0 Å². The predicted octanol–water partition coefficient (Wildman–Crippen LogP) is 3.42. The summed E-state index contributed by atoms with van der Waals surface area (Å²) in [5, 5.41) is 2.94. The molecule has 0 spiro atoms. The first kappa shape index (κ1) is 14.9. The highest BCUT2D eigenvalue weighted by Gasteiger charge is 2.06. The van der Waals surface area contributed by atoms with E-state index in [0.717, 1.165) is 17.0 Å². The van der Waals surface area contributed by atoms with Crippen LogP contribution < -0.4 is 10.1 Å². The van der Waals surface area contributed by atoms with Gasteiger partial charge in [-0.15, -0.1) is 0 Å². The van der Waals surface area contributed by atoms with Crippen molar-refractivity contribution in [1.29, 1.82) is 0 Å². The molecule has 0 bridgehead atoms. The van der Waals surface area contributed by atoms with Gasteiger partial charge in [0.25, 0.3) is 5.91 Å². The molecule has 1 amide bonds. The molecule has 1 heterocycles. The van der Waals surface area contributed by atoms with Crippen molar-refractivity contribution in [2.45, 2.75) is 6.54 Å². The van der Waals surface area contributed by atoms with Crippen molar-refractivity contribution in [1.82, 2.24) is 9.88 Å². The van der Waals surface area contributed by atoms with Gasteiger partial charge < -0.3 is 14.6 Å². The summed E-state index contributed by atoms with van der Waals surface area (Å²) in [5.74, 6) is 0.717. The number of hydrogen-bond acceptors (Lipinski definition) is 2. The minimum absolute atomic E-state index is 0.0881. The van der Waals surface area contributed by atoms with Gasteiger partial charge in [0, 0.05) is 30.2 Å².